The molecule has 5 heteroatoms. The van der Waals surface area contributed by atoms with Gasteiger partial charge in [0.2, 0.25) is 0 Å². The molecule has 0 radical (unpaired) electrons. The van der Waals surface area contributed by atoms with Gasteiger partial charge in [-0.05, 0) is 30.7 Å². The number of aromatic nitrogens is 1. The number of halogens is 2. The first-order valence-electron chi connectivity index (χ1n) is 5.20. The first kappa shape index (κ1) is 12.7. The third-order valence-electron chi connectivity index (χ3n) is 2.48. The molecule has 90 valence electrons. The molecule has 0 aliphatic heterocycles. The summed E-state index contributed by atoms with van der Waals surface area (Å²) >= 11 is 12.1. The number of aryl methyl sites for hydroxylation is 1. The Bertz CT molecular complexity index is 612. The minimum atomic E-state index is 0.451. The van der Waals surface area contributed by atoms with Crippen LogP contribution in [0.15, 0.2) is 30.5 Å². The highest BCUT2D eigenvalue weighted by Crippen LogP contribution is 2.33. The maximum atomic E-state index is 9.12. The van der Waals surface area contributed by atoms with Crippen molar-refractivity contribution in [1.29, 1.82) is 5.26 Å². The first-order chi connectivity index (χ1) is 8.63. The second kappa shape index (κ2) is 5.26. The van der Waals surface area contributed by atoms with Crippen LogP contribution in [-0.4, -0.2) is 4.98 Å². The molecular weight excluding hydrogens is 269 g/mol. The molecule has 1 aromatic carbocycles. The molecule has 0 aliphatic carbocycles. The highest BCUT2D eigenvalue weighted by Gasteiger charge is 2.10. The number of nitriles is 1. The second-order valence-electron chi connectivity index (χ2n) is 3.68. The van der Waals surface area contributed by atoms with Crippen molar-refractivity contribution in [3.8, 4) is 6.07 Å². The molecule has 1 N–H and O–H groups in total. The van der Waals surface area contributed by atoms with Crippen LogP contribution in [0.5, 0.6) is 0 Å². The molecule has 1 heterocycles. The van der Waals surface area contributed by atoms with E-state index in [1.807, 2.05) is 6.92 Å². The van der Waals surface area contributed by atoms with Crippen molar-refractivity contribution in [3.05, 3.63) is 51.6 Å². The van der Waals surface area contributed by atoms with Crippen molar-refractivity contribution < 1.29 is 0 Å². The minimum absolute atomic E-state index is 0.451. The number of pyridine rings is 1. The van der Waals surface area contributed by atoms with Crippen molar-refractivity contribution in [2.45, 2.75) is 6.92 Å². The van der Waals surface area contributed by atoms with E-state index in [1.165, 1.54) is 0 Å². The number of hydrogen-bond acceptors (Lipinski definition) is 3. The monoisotopic (exact) mass is 277 g/mol. The van der Waals surface area contributed by atoms with Gasteiger partial charge in [-0.2, -0.15) is 5.26 Å². The van der Waals surface area contributed by atoms with Gasteiger partial charge in [-0.15, -0.1) is 0 Å². The fourth-order valence-corrected chi connectivity index (χ4v) is 2.02. The number of para-hydroxylation sites is 1. The lowest BCUT2D eigenvalue weighted by Gasteiger charge is -2.11. The summed E-state index contributed by atoms with van der Waals surface area (Å²) in [4.78, 5) is 4.14. The minimum Gasteiger partial charge on any atom is -0.337 e. The van der Waals surface area contributed by atoms with Crippen LogP contribution in [0, 0.1) is 18.3 Å². The molecule has 0 fully saturated rings. The van der Waals surface area contributed by atoms with Gasteiger partial charge >= 0.3 is 0 Å². The number of rotatable bonds is 2. The van der Waals surface area contributed by atoms with Gasteiger partial charge in [0.05, 0.1) is 21.3 Å². The molecule has 0 saturated carbocycles. The van der Waals surface area contributed by atoms with Gasteiger partial charge < -0.3 is 5.32 Å². The smallest absolute Gasteiger partial charge is 0.148 e. The Labute approximate surface area is 115 Å². The predicted molar refractivity (Wildman–Crippen MR) is 73.4 cm³/mol. The lowest BCUT2D eigenvalue weighted by molar-refractivity contribution is 1.24. The third kappa shape index (κ3) is 2.40. The molecule has 2 aromatic rings. The fraction of sp³-hybridized carbons (Fsp3) is 0.0769. The van der Waals surface area contributed by atoms with E-state index >= 15 is 0 Å². The number of nitrogens with one attached hydrogen (secondary N) is 1. The first-order valence-corrected chi connectivity index (χ1v) is 5.96. The normalized spacial score (nSPS) is 9.89. The predicted octanol–water partition coefficient (Wildman–Crippen LogP) is 4.31. The maximum Gasteiger partial charge on any atom is 0.148 e. The third-order valence-corrected chi connectivity index (χ3v) is 3.11. The summed E-state index contributed by atoms with van der Waals surface area (Å²) in [5.74, 6) is 0.451. The number of benzene rings is 1. The summed E-state index contributed by atoms with van der Waals surface area (Å²) in [5, 5.41) is 13.1. The Hall–Kier alpha value is -1.76. The zero-order chi connectivity index (χ0) is 13.1. The zero-order valence-electron chi connectivity index (χ0n) is 9.54. The lowest BCUT2D eigenvalue weighted by Crippen LogP contribution is -1.99. The lowest BCUT2D eigenvalue weighted by atomic mass is 10.1. The largest absolute Gasteiger partial charge is 0.337 e. The summed E-state index contributed by atoms with van der Waals surface area (Å²) < 4.78 is 0. The zero-order valence-corrected chi connectivity index (χ0v) is 11.0. The van der Waals surface area contributed by atoms with Crippen molar-refractivity contribution in [3.63, 3.8) is 0 Å². The summed E-state index contributed by atoms with van der Waals surface area (Å²) in [6.45, 7) is 1.85. The van der Waals surface area contributed by atoms with Crippen LogP contribution in [0.4, 0.5) is 11.5 Å². The molecule has 2 rings (SSSR count). The highest BCUT2D eigenvalue weighted by molar-refractivity contribution is 6.39. The molecule has 0 amide bonds. The van der Waals surface area contributed by atoms with Crippen LogP contribution in [0.1, 0.15) is 11.1 Å². The van der Waals surface area contributed by atoms with Crippen LogP contribution in [-0.2, 0) is 0 Å². The van der Waals surface area contributed by atoms with Gasteiger partial charge in [0, 0.05) is 6.20 Å². The maximum absolute atomic E-state index is 9.12. The summed E-state index contributed by atoms with van der Waals surface area (Å²) in [5.41, 5.74) is 1.88. The van der Waals surface area contributed by atoms with Crippen LogP contribution < -0.4 is 5.32 Å². The van der Waals surface area contributed by atoms with Gasteiger partial charge in [-0.1, -0.05) is 29.3 Å². The average molecular weight is 278 g/mol. The molecular formula is C13H9Cl2N3. The van der Waals surface area contributed by atoms with Crippen LogP contribution in [0.25, 0.3) is 0 Å². The van der Waals surface area contributed by atoms with E-state index in [4.69, 9.17) is 28.5 Å². The van der Waals surface area contributed by atoms with Crippen molar-refractivity contribution in [2.75, 3.05) is 5.32 Å². The summed E-state index contributed by atoms with van der Waals surface area (Å²) in [6, 6.07) is 9.08. The second-order valence-corrected chi connectivity index (χ2v) is 4.50. The molecule has 0 unspecified atom stereocenters. The molecule has 18 heavy (non-hydrogen) atoms. The Morgan fingerprint density at radius 2 is 1.89 bits per heavy atom. The van der Waals surface area contributed by atoms with Gasteiger partial charge in [0.25, 0.3) is 0 Å². The van der Waals surface area contributed by atoms with Gasteiger partial charge in [0.1, 0.15) is 11.9 Å². The fourth-order valence-electron chi connectivity index (χ4n) is 1.53. The molecule has 1 aromatic heterocycles. The molecule has 0 spiro atoms. The van der Waals surface area contributed by atoms with Gasteiger partial charge in [-0.3, -0.25) is 0 Å². The van der Waals surface area contributed by atoms with E-state index < -0.39 is 0 Å². The summed E-state index contributed by atoms with van der Waals surface area (Å²) in [6.07, 6.45) is 1.63. The Balaban J connectivity index is 2.48. The van der Waals surface area contributed by atoms with Crippen molar-refractivity contribution in [2.24, 2.45) is 0 Å². The number of nitrogens with zero attached hydrogens (tertiary/aromatic N) is 2. The molecule has 0 aliphatic rings. The van der Waals surface area contributed by atoms with Gasteiger partial charge in [0.15, 0.2) is 0 Å². The standard InChI is InChI=1S/C13H9Cl2N3/c1-8-5-6-17-13(9(8)7-16)18-12-10(14)3-2-4-11(12)15/h2-6H,1H3,(H,17,18). The van der Waals surface area contributed by atoms with Crippen LogP contribution in [0.3, 0.4) is 0 Å². The molecule has 0 atom stereocenters. The molecule has 3 nitrogen and oxygen atoms in total. The van der Waals surface area contributed by atoms with Crippen molar-refractivity contribution >= 4 is 34.7 Å². The quantitative estimate of drug-likeness (QED) is 0.890. The van der Waals surface area contributed by atoms with E-state index in [1.54, 1.807) is 30.5 Å². The Kier molecular flexibility index (Phi) is 3.71. The Morgan fingerprint density at radius 1 is 1.22 bits per heavy atom. The average Bonchev–Trinajstić information content (AvgIpc) is 2.34. The van der Waals surface area contributed by atoms with Gasteiger partial charge in [-0.25, -0.2) is 4.98 Å². The SMILES string of the molecule is Cc1ccnc(Nc2c(Cl)cccc2Cl)c1C#N. The van der Waals surface area contributed by atoms with Crippen molar-refractivity contribution in [1.82, 2.24) is 4.98 Å². The van der Waals surface area contributed by atoms with E-state index in [2.05, 4.69) is 16.4 Å². The van der Waals surface area contributed by atoms with Crippen LogP contribution >= 0.6 is 23.2 Å². The van der Waals surface area contributed by atoms with E-state index in [0.29, 0.717) is 27.1 Å². The number of anilines is 2. The van der Waals surface area contributed by atoms with Crippen LogP contribution in [0.2, 0.25) is 10.0 Å². The Morgan fingerprint density at radius 3 is 2.50 bits per heavy atom. The molecule has 0 bridgehead atoms. The number of hydrogen-bond donors (Lipinski definition) is 1. The molecule has 0 saturated heterocycles. The topological polar surface area (TPSA) is 48.7 Å². The van der Waals surface area contributed by atoms with E-state index in [-0.39, 0.29) is 0 Å². The summed E-state index contributed by atoms with van der Waals surface area (Å²) in [7, 11) is 0. The highest BCUT2D eigenvalue weighted by atomic mass is 35.5. The van der Waals surface area contributed by atoms with E-state index in [9.17, 15) is 0 Å². The van der Waals surface area contributed by atoms with E-state index in [0.717, 1.165) is 5.56 Å².